The molecule has 0 bridgehead atoms. The Hall–Kier alpha value is -8.45. The van der Waals surface area contributed by atoms with Gasteiger partial charge in [0.2, 0.25) is 0 Å². The summed E-state index contributed by atoms with van der Waals surface area (Å²) in [4.78, 5) is 37.1. The van der Waals surface area contributed by atoms with E-state index in [1.165, 1.54) is 0 Å². The summed E-state index contributed by atoms with van der Waals surface area (Å²) in [6, 6.07) is 37.5. The number of phenolic OH excluding ortho intramolecular Hbond substituents is 4. The van der Waals surface area contributed by atoms with Crippen molar-refractivity contribution in [1.29, 1.82) is 0 Å². The van der Waals surface area contributed by atoms with Gasteiger partial charge in [-0.1, -0.05) is 187 Å². The van der Waals surface area contributed by atoms with Crippen molar-refractivity contribution in [2.24, 2.45) is 0 Å². The summed E-state index contributed by atoms with van der Waals surface area (Å²) in [5.74, 6) is -3.02. The number of carboxylic acid groups (broad SMARTS) is 3. The standard InChI is InChI=1S/C74H86O13/c1-71(2,3)55-36-46(20-24-59(55)75)68(47-21-25-60(76)56(37-47)72(4,5)6)53-32-43(18-28-63(53)85-40-65(79)80)30-51-34-50(45-16-14-13-15-17-45)35-52(70(51)87-42-67(83)84)31-44-19-29-64(86-41-66(81)82)54(33-44)69(48-22-26-61(77)57(38-48)73(7,8)9)49-23-27-62(78)58(39-49)74(10,11)12/h18-29,32-39,45,68-69,75-78H,13-17,30-31,40-42H2,1-12H3,(H,79,80)(H,81,82)(H,83,84). The van der Waals surface area contributed by atoms with Crippen LogP contribution in [0.3, 0.4) is 0 Å². The zero-order valence-electron chi connectivity index (χ0n) is 52.4. The van der Waals surface area contributed by atoms with Crippen LogP contribution in [0, 0.1) is 0 Å². The van der Waals surface area contributed by atoms with E-state index in [-0.39, 0.29) is 41.8 Å². The molecule has 13 nitrogen and oxygen atoms in total. The van der Waals surface area contributed by atoms with Crippen LogP contribution in [-0.2, 0) is 48.9 Å². The highest BCUT2D eigenvalue weighted by atomic mass is 16.5. The van der Waals surface area contributed by atoms with E-state index >= 15 is 0 Å². The molecule has 1 aliphatic carbocycles. The molecule has 0 radical (unpaired) electrons. The largest absolute Gasteiger partial charge is 0.508 e. The van der Waals surface area contributed by atoms with Crippen LogP contribution in [0.15, 0.2) is 121 Å². The first-order valence-electron chi connectivity index (χ1n) is 30.1. The monoisotopic (exact) mass is 1180 g/mol. The maximum Gasteiger partial charge on any atom is 0.341 e. The molecule has 460 valence electrons. The molecule has 0 heterocycles. The normalized spacial score (nSPS) is 13.4. The van der Waals surface area contributed by atoms with Gasteiger partial charge in [-0.2, -0.15) is 0 Å². The van der Waals surface area contributed by atoms with Gasteiger partial charge in [-0.05, 0) is 149 Å². The minimum absolute atomic E-state index is 0.127. The second-order valence-electron chi connectivity index (χ2n) is 27.6. The van der Waals surface area contributed by atoms with Gasteiger partial charge in [0.25, 0.3) is 0 Å². The summed E-state index contributed by atoms with van der Waals surface area (Å²) in [5.41, 5.74) is 9.41. The van der Waals surface area contributed by atoms with Gasteiger partial charge in [0.15, 0.2) is 19.8 Å². The zero-order chi connectivity index (χ0) is 63.5. The van der Waals surface area contributed by atoms with Crippen LogP contribution in [0.5, 0.6) is 40.2 Å². The number of hydrogen-bond donors (Lipinski definition) is 7. The molecule has 0 atom stereocenters. The third-order valence-corrected chi connectivity index (χ3v) is 16.6. The summed E-state index contributed by atoms with van der Waals surface area (Å²) >= 11 is 0. The Labute approximate surface area is 512 Å². The lowest BCUT2D eigenvalue weighted by Crippen LogP contribution is -2.16. The lowest BCUT2D eigenvalue weighted by molar-refractivity contribution is -0.140. The van der Waals surface area contributed by atoms with Crippen LogP contribution in [0.1, 0.15) is 216 Å². The maximum absolute atomic E-state index is 12.6. The number of rotatable bonds is 20. The van der Waals surface area contributed by atoms with E-state index in [1.54, 1.807) is 36.4 Å². The number of phenols is 4. The van der Waals surface area contributed by atoms with Gasteiger partial charge >= 0.3 is 17.9 Å². The topological polar surface area (TPSA) is 221 Å². The molecule has 0 unspecified atom stereocenters. The first-order chi connectivity index (χ1) is 40.8. The van der Waals surface area contributed by atoms with E-state index in [0.717, 1.165) is 82.2 Å². The molecule has 7 aromatic carbocycles. The van der Waals surface area contributed by atoms with E-state index in [4.69, 9.17) is 14.2 Å². The summed E-state index contributed by atoms with van der Waals surface area (Å²) < 4.78 is 18.8. The second kappa shape index (κ2) is 25.9. The number of benzene rings is 7. The van der Waals surface area contributed by atoms with Crippen molar-refractivity contribution >= 4 is 17.9 Å². The molecule has 87 heavy (non-hydrogen) atoms. The molecular weight excluding hydrogens is 1100 g/mol. The molecule has 7 N–H and O–H groups in total. The van der Waals surface area contributed by atoms with Gasteiger partial charge in [-0.3, -0.25) is 0 Å². The Bertz CT molecular complexity index is 3320. The number of hydrogen-bond acceptors (Lipinski definition) is 10. The first-order valence-corrected chi connectivity index (χ1v) is 30.1. The molecule has 0 amide bonds. The van der Waals surface area contributed by atoms with Crippen LogP contribution in [0.25, 0.3) is 0 Å². The molecular formula is C74H86O13. The average Bonchev–Trinajstić information content (AvgIpc) is 2.35. The summed E-state index contributed by atoms with van der Waals surface area (Å²) in [6.45, 7) is 22.3. The predicted molar refractivity (Wildman–Crippen MR) is 339 cm³/mol. The smallest absolute Gasteiger partial charge is 0.341 e. The summed E-state index contributed by atoms with van der Waals surface area (Å²) in [5, 5.41) is 75.4. The van der Waals surface area contributed by atoms with Crippen molar-refractivity contribution in [3.05, 3.63) is 205 Å². The van der Waals surface area contributed by atoms with Crippen molar-refractivity contribution in [2.75, 3.05) is 19.8 Å². The van der Waals surface area contributed by atoms with Crippen molar-refractivity contribution in [3.63, 3.8) is 0 Å². The van der Waals surface area contributed by atoms with Gasteiger partial charge in [-0.25, -0.2) is 14.4 Å². The number of carbonyl (C=O) groups is 3. The summed E-state index contributed by atoms with van der Waals surface area (Å²) in [6.07, 6.45) is 5.60. The van der Waals surface area contributed by atoms with E-state index in [1.807, 2.05) is 156 Å². The van der Waals surface area contributed by atoms with Gasteiger partial charge in [-0.15, -0.1) is 0 Å². The van der Waals surface area contributed by atoms with Crippen molar-refractivity contribution in [2.45, 2.75) is 167 Å². The highest BCUT2D eigenvalue weighted by molar-refractivity contribution is 5.70. The SMILES string of the molecule is CC(C)(C)c1cc(C(c2ccc(O)c(C(C)(C)C)c2)c2cc(Cc3cc(C4CCCCC4)cc(Cc4ccc(OCC(=O)O)c(C(c5ccc(O)c(C(C)(C)C)c5)c5ccc(O)c(C(C)(C)C)c5)c4)c3OCC(=O)O)ccc2OCC(=O)O)ccc1O. The van der Waals surface area contributed by atoms with Crippen molar-refractivity contribution in [1.82, 2.24) is 0 Å². The van der Waals surface area contributed by atoms with Crippen LogP contribution in [0.2, 0.25) is 0 Å². The Balaban J connectivity index is 1.36. The summed E-state index contributed by atoms with van der Waals surface area (Å²) in [7, 11) is 0. The Morgan fingerprint density at radius 3 is 1.02 bits per heavy atom. The molecule has 0 aliphatic heterocycles. The Morgan fingerprint density at radius 1 is 0.414 bits per heavy atom. The fraction of sp³-hybridized carbons (Fsp3) is 0.392. The molecule has 1 fully saturated rings. The van der Waals surface area contributed by atoms with Crippen molar-refractivity contribution < 1.29 is 64.3 Å². The Morgan fingerprint density at radius 2 is 0.724 bits per heavy atom. The van der Waals surface area contributed by atoms with Crippen LogP contribution in [0.4, 0.5) is 0 Å². The minimum atomic E-state index is -1.17. The molecule has 0 spiro atoms. The fourth-order valence-electron chi connectivity index (χ4n) is 12.3. The molecule has 0 saturated heterocycles. The molecule has 7 aromatic rings. The van der Waals surface area contributed by atoms with Crippen LogP contribution >= 0.6 is 0 Å². The van der Waals surface area contributed by atoms with Gasteiger partial charge in [0, 0.05) is 35.8 Å². The molecule has 8 rings (SSSR count). The number of aromatic hydroxyl groups is 4. The molecule has 1 aliphatic rings. The van der Waals surface area contributed by atoms with E-state index < -0.39 is 71.2 Å². The maximum atomic E-state index is 12.6. The number of ether oxygens (including phenoxy) is 3. The fourth-order valence-corrected chi connectivity index (χ4v) is 12.3. The second-order valence-corrected chi connectivity index (χ2v) is 27.6. The first kappa shape index (κ1) is 64.5. The number of aliphatic carboxylic acids is 3. The van der Waals surface area contributed by atoms with Gasteiger partial charge < -0.3 is 50.0 Å². The minimum Gasteiger partial charge on any atom is -0.508 e. The third kappa shape index (κ3) is 15.6. The van der Waals surface area contributed by atoms with E-state index in [9.17, 15) is 50.1 Å². The van der Waals surface area contributed by atoms with Gasteiger partial charge in [0.05, 0.1) is 0 Å². The predicted octanol–water partition coefficient (Wildman–Crippen LogP) is 15.7. The lowest BCUT2D eigenvalue weighted by atomic mass is 9.77. The highest BCUT2D eigenvalue weighted by Crippen LogP contribution is 2.47. The number of carboxylic acids is 3. The molecule has 0 aromatic heterocycles. The van der Waals surface area contributed by atoms with E-state index in [2.05, 4.69) is 12.1 Å². The zero-order valence-corrected chi connectivity index (χ0v) is 52.4. The molecule has 13 heteroatoms. The van der Waals surface area contributed by atoms with E-state index in [0.29, 0.717) is 50.6 Å². The van der Waals surface area contributed by atoms with Crippen LogP contribution in [-0.4, -0.2) is 73.5 Å². The van der Waals surface area contributed by atoms with Gasteiger partial charge in [0.1, 0.15) is 40.2 Å². The molecule has 1 saturated carbocycles. The van der Waals surface area contributed by atoms with Crippen molar-refractivity contribution in [3.8, 4) is 40.2 Å². The average molecular weight is 1180 g/mol. The quantitative estimate of drug-likeness (QED) is 0.0354. The highest BCUT2D eigenvalue weighted by Gasteiger charge is 2.32. The Kier molecular flexibility index (Phi) is 19.2. The lowest BCUT2D eigenvalue weighted by Gasteiger charge is -2.28. The third-order valence-electron chi connectivity index (χ3n) is 16.6. The van der Waals surface area contributed by atoms with Crippen LogP contribution < -0.4 is 14.2 Å².